The number of aliphatic hydroxyl groups excluding tert-OH is 1. The number of aliphatic hydroxyl groups is 1. The molecule has 0 aromatic rings. The summed E-state index contributed by atoms with van der Waals surface area (Å²) < 4.78 is 23.7. The molecule has 0 aromatic heterocycles. The summed E-state index contributed by atoms with van der Waals surface area (Å²) in [6.45, 7) is 4.90. The number of allylic oxidation sites excluding steroid dienone is 4. The Morgan fingerprint density at radius 1 is 0.567 bits per heavy atom. The number of likely N-dealkylation sites (N-methyl/N-ethyl adjacent to an activating group) is 1. The van der Waals surface area contributed by atoms with Crippen molar-refractivity contribution in [1.29, 1.82) is 0 Å². The monoisotopic (exact) mass is 870 g/mol. The zero-order chi connectivity index (χ0) is 44.3. The maximum Gasteiger partial charge on any atom is 0.472 e. The lowest BCUT2D eigenvalue weighted by molar-refractivity contribution is -0.870. The maximum absolute atomic E-state index is 12.9. The fraction of sp³-hybridized carbons (Fsp3) is 0.902. The highest BCUT2D eigenvalue weighted by Crippen LogP contribution is 2.43. The Bertz CT molecular complexity index is 1030. The molecule has 8 nitrogen and oxygen atoms in total. The smallest absolute Gasteiger partial charge is 0.391 e. The highest BCUT2D eigenvalue weighted by atomic mass is 31.2. The Kier molecular flexibility index (Phi) is 42.5. The number of phosphoric ester groups is 1. The van der Waals surface area contributed by atoms with E-state index >= 15 is 0 Å². The van der Waals surface area contributed by atoms with Gasteiger partial charge in [-0.3, -0.25) is 13.8 Å². The largest absolute Gasteiger partial charge is 0.472 e. The Morgan fingerprint density at radius 2 is 0.950 bits per heavy atom. The summed E-state index contributed by atoms with van der Waals surface area (Å²) in [5.74, 6) is -0.145. The second kappa shape index (κ2) is 43.2. The van der Waals surface area contributed by atoms with E-state index < -0.39 is 20.0 Å². The highest BCUT2D eigenvalue weighted by molar-refractivity contribution is 7.47. The van der Waals surface area contributed by atoms with Crippen LogP contribution in [0.25, 0.3) is 0 Å². The topological polar surface area (TPSA) is 105 Å². The molecule has 0 spiro atoms. The molecule has 0 rings (SSSR count). The molecule has 0 heterocycles. The minimum absolute atomic E-state index is 0.0754. The van der Waals surface area contributed by atoms with E-state index in [-0.39, 0.29) is 19.1 Å². The summed E-state index contributed by atoms with van der Waals surface area (Å²) in [4.78, 5) is 23.2. The zero-order valence-electron chi connectivity index (χ0n) is 40.5. The Labute approximate surface area is 373 Å². The molecule has 9 heteroatoms. The zero-order valence-corrected chi connectivity index (χ0v) is 41.4. The van der Waals surface area contributed by atoms with E-state index in [1.54, 1.807) is 0 Å². The summed E-state index contributed by atoms with van der Waals surface area (Å²) in [6.07, 6.45) is 52.1. The molecule has 0 saturated heterocycles. The molecule has 0 bridgehead atoms. The third-order valence-corrected chi connectivity index (χ3v) is 12.7. The number of rotatable bonds is 47. The number of nitrogens with zero attached hydrogens (tertiary/aromatic N) is 1. The minimum atomic E-state index is -4.32. The average Bonchev–Trinajstić information content (AvgIpc) is 3.20. The molecule has 0 aliphatic heterocycles. The van der Waals surface area contributed by atoms with Gasteiger partial charge in [0, 0.05) is 6.42 Å². The van der Waals surface area contributed by atoms with Gasteiger partial charge in [0.1, 0.15) is 13.2 Å². The summed E-state index contributed by atoms with van der Waals surface area (Å²) in [5.41, 5.74) is 0. The van der Waals surface area contributed by atoms with Crippen molar-refractivity contribution < 1.29 is 32.9 Å². The van der Waals surface area contributed by atoms with Crippen molar-refractivity contribution in [2.75, 3.05) is 40.9 Å². The van der Waals surface area contributed by atoms with Crippen molar-refractivity contribution in [1.82, 2.24) is 5.32 Å². The van der Waals surface area contributed by atoms with Crippen LogP contribution in [0.5, 0.6) is 0 Å². The van der Waals surface area contributed by atoms with Crippen molar-refractivity contribution in [3.05, 3.63) is 24.3 Å². The number of carbonyl (C=O) groups is 1. The van der Waals surface area contributed by atoms with Gasteiger partial charge in [-0.25, -0.2) is 4.57 Å². The van der Waals surface area contributed by atoms with Crippen molar-refractivity contribution >= 4 is 13.7 Å². The Balaban J connectivity index is 4.22. The number of unbranched alkanes of at least 4 members (excludes halogenated alkanes) is 30. The third kappa shape index (κ3) is 45.0. The molecule has 0 radical (unpaired) electrons. The van der Waals surface area contributed by atoms with Crippen LogP contribution in [-0.4, -0.2) is 73.4 Å². The molecule has 3 atom stereocenters. The van der Waals surface area contributed by atoms with Crippen LogP contribution < -0.4 is 5.32 Å². The number of hydrogen-bond acceptors (Lipinski definition) is 5. The van der Waals surface area contributed by atoms with Crippen molar-refractivity contribution in [3.63, 3.8) is 0 Å². The normalized spacial score (nSPS) is 14.3. The fourth-order valence-corrected chi connectivity index (χ4v) is 8.34. The number of phosphoric acid groups is 1. The van der Waals surface area contributed by atoms with Gasteiger partial charge >= 0.3 is 7.82 Å². The van der Waals surface area contributed by atoms with E-state index in [0.29, 0.717) is 23.9 Å². The molecule has 3 unspecified atom stereocenters. The Morgan fingerprint density at radius 3 is 1.37 bits per heavy atom. The van der Waals surface area contributed by atoms with E-state index in [9.17, 15) is 19.4 Å². The molecule has 1 amide bonds. The van der Waals surface area contributed by atoms with E-state index in [1.807, 2.05) is 21.1 Å². The highest BCUT2D eigenvalue weighted by Gasteiger charge is 2.28. The van der Waals surface area contributed by atoms with Crippen LogP contribution in [-0.2, 0) is 18.4 Å². The van der Waals surface area contributed by atoms with Gasteiger partial charge in [0.2, 0.25) is 5.91 Å². The second-order valence-electron chi connectivity index (χ2n) is 18.9. The molecular weight excluding hydrogens is 768 g/mol. The van der Waals surface area contributed by atoms with Crippen molar-refractivity contribution in [2.24, 2.45) is 0 Å². The molecule has 0 saturated carbocycles. The Hall–Kier alpha value is -1.02. The average molecular weight is 870 g/mol. The summed E-state index contributed by atoms with van der Waals surface area (Å²) in [7, 11) is 1.62. The van der Waals surface area contributed by atoms with Gasteiger partial charge < -0.3 is 19.8 Å². The standard InChI is InChI=1S/C51H101N2O6P/c1-6-8-10-12-14-16-18-20-22-23-24-25-26-27-28-29-31-33-35-37-39-41-43-45-51(55)52-49(48-59-60(56,57)58-47-46-53(3,4)5)50(54)44-42-40-38-36-34-32-30-21-19-17-15-13-11-9-7-2/h18,20,23-24,49-50,54H,6-17,19,21-22,25-48H2,1-5H3,(H-,52,55,56,57)/p+1/b20-18-,24-23-. The van der Waals surface area contributed by atoms with Gasteiger partial charge in [0.25, 0.3) is 0 Å². The van der Waals surface area contributed by atoms with Crippen LogP contribution in [0.1, 0.15) is 245 Å². The second-order valence-corrected chi connectivity index (χ2v) is 20.4. The number of nitrogens with one attached hydrogen (secondary N) is 1. The third-order valence-electron chi connectivity index (χ3n) is 11.7. The predicted molar refractivity (Wildman–Crippen MR) is 258 cm³/mol. The number of hydrogen-bond donors (Lipinski definition) is 3. The van der Waals surface area contributed by atoms with Gasteiger partial charge in [-0.15, -0.1) is 0 Å². The summed E-state index contributed by atoms with van der Waals surface area (Å²) in [5, 5.41) is 14.0. The first-order chi connectivity index (χ1) is 29.0. The molecule has 60 heavy (non-hydrogen) atoms. The van der Waals surface area contributed by atoms with E-state index in [2.05, 4.69) is 43.5 Å². The first-order valence-corrected chi connectivity index (χ1v) is 27.2. The van der Waals surface area contributed by atoms with Gasteiger partial charge in [-0.2, -0.15) is 0 Å². The van der Waals surface area contributed by atoms with Crippen molar-refractivity contribution in [3.8, 4) is 0 Å². The van der Waals surface area contributed by atoms with Crippen LogP contribution in [0.3, 0.4) is 0 Å². The van der Waals surface area contributed by atoms with Crippen molar-refractivity contribution in [2.45, 2.75) is 257 Å². The van der Waals surface area contributed by atoms with Crippen LogP contribution in [0, 0.1) is 0 Å². The molecule has 0 aromatic carbocycles. The molecule has 0 aliphatic carbocycles. The van der Waals surface area contributed by atoms with Gasteiger partial charge in [0.15, 0.2) is 0 Å². The van der Waals surface area contributed by atoms with Crippen LogP contribution in [0.15, 0.2) is 24.3 Å². The maximum atomic E-state index is 12.9. The fourth-order valence-electron chi connectivity index (χ4n) is 7.61. The van der Waals surface area contributed by atoms with Gasteiger partial charge in [-0.05, 0) is 44.9 Å². The summed E-state index contributed by atoms with van der Waals surface area (Å²) in [6, 6.07) is -0.759. The van der Waals surface area contributed by atoms with Crippen LogP contribution in [0.4, 0.5) is 0 Å². The molecular formula is C51H102N2O6P+. The van der Waals surface area contributed by atoms with Gasteiger partial charge in [-0.1, -0.05) is 218 Å². The number of amides is 1. The first kappa shape index (κ1) is 59.0. The SMILES string of the molecule is CCCCCCC/C=C\C/C=C\CCCCCCCCCCCCCC(=O)NC(COP(=O)(O)OCC[N+](C)(C)C)C(O)CCCCCCCCCCCCCCCCC. The van der Waals surface area contributed by atoms with E-state index in [1.165, 1.54) is 173 Å². The van der Waals surface area contributed by atoms with Gasteiger partial charge in [0.05, 0.1) is 39.9 Å². The minimum Gasteiger partial charge on any atom is -0.391 e. The lowest BCUT2D eigenvalue weighted by atomic mass is 10.0. The number of carbonyl (C=O) groups excluding carboxylic acids is 1. The van der Waals surface area contributed by atoms with E-state index in [4.69, 9.17) is 9.05 Å². The molecule has 3 N–H and O–H groups in total. The van der Waals surface area contributed by atoms with E-state index in [0.717, 1.165) is 44.9 Å². The molecule has 0 aliphatic rings. The molecule has 0 fully saturated rings. The number of quaternary nitrogens is 1. The summed E-state index contributed by atoms with van der Waals surface area (Å²) >= 11 is 0. The lowest BCUT2D eigenvalue weighted by Gasteiger charge is -2.26. The lowest BCUT2D eigenvalue weighted by Crippen LogP contribution is -2.46. The van der Waals surface area contributed by atoms with Crippen LogP contribution >= 0.6 is 7.82 Å². The van der Waals surface area contributed by atoms with Crippen LogP contribution in [0.2, 0.25) is 0 Å². The molecule has 356 valence electrons. The first-order valence-electron chi connectivity index (χ1n) is 25.7. The predicted octanol–water partition coefficient (Wildman–Crippen LogP) is 14.9. The quantitative estimate of drug-likeness (QED) is 0.0243.